The van der Waals surface area contributed by atoms with E-state index in [1.54, 1.807) is 7.11 Å². The lowest BCUT2D eigenvalue weighted by atomic mass is 10.0. The van der Waals surface area contributed by atoms with E-state index in [1.165, 1.54) is 0 Å². The minimum Gasteiger partial charge on any atom is -0.495 e. The highest BCUT2D eigenvalue weighted by Gasteiger charge is 2.10. The van der Waals surface area contributed by atoms with Crippen LogP contribution < -0.4 is 16.0 Å². The number of hydrazine groups is 1. The van der Waals surface area contributed by atoms with Gasteiger partial charge in [0.05, 0.1) is 12.1 Å². The summed E-state index contributed by atoms with van der Waals surface area (Å²) >= 11 is 6.01. The number of benzene rings is 1. The minimum atomic E-state index is 0.0819. The summed E-state index contributed by atoms with van der Waals surface area (Å²) in [6.07, 6.45) is 0. The van der Waals surface area contributed by atoms with Crippen molar-refractivity contribution in [3.63, 3.8) is 0 Å². The molecule has 1 rings (SSSR count). The second-order valence-corrected chi connectivity index (χ2v) is 3.64. The molecule has 3 nitrogen and oxygen atoms in total. The van der Waals surface area contributed by atoms with Gasteiger partial charge in [-0.3, -0.25) is 11.3 Å². The maximum absolute atomic E-state index is 6.01. The summed E-state index contributed by atoms with van der Waals surface area (Å²) in [6, 6.07) is 3.87. The fourth-order valence-electron chi connectivity index (χ4n) is 1.38. The van der Waals surface area contributed by atoms with Crippen LogP contribution in [0.2, 0.25) is 5.02 Å². The highest BCUT2D eigenvalue weighted by atomic mass is 35.5. The normalized spacial score (nSPS) is 12.6. The Morgan fingerprint density at radius 1 is 1.50 bits per heavy atom. The Balaban J connectivity index is 3.14. The van der Waals surface area contributed by atoms with E-state index < -0.39 is 0 Å². The van der Waals surface area contributed by atoms with Crippen LogP contribution in [0.25, 0.3) is 0 Å². The van der Waals surface area contributed by atoms with Crippen LogP contribution in [0.5, 0.6) is 5.75 Å². The van der Waals surface area contributed by atoms with E-state index in [4.69, 9.17) is 22.2 Å². The first-order valence-corrected chi connectivity index (χ1v) is 4.78. The smallest absolute Gasteiger partial charge is 0.137 e. The maximum atomic E-state index is 6.01. The van der Waals surface area contributed by atoms with Crippen LogP contribution in [-0.2, 0) is 0 Å². The molecule has 0 saturated carbocycles. The minimum absolute atomic E-state index is 0.0819. The van der Waals surface area contributed by atoms with Gasteiger partial charge in [-0.15, -0.1) is 0 Å². The number of nitrogens with one attached hydrogen (secondary N) is 1. The molecule has 0 aliphatic rings. The molecule has 1 atom stereocenters. The van der Waals surface area contributed by atoms with Crippen LogP contribution in [0.1, 0.15) is 24.1 Å². The lowest BCUT2D eigenvalue weighted by molar-refractivity contribution is 0.414. The zero-order valence-corrected chi connectivity index (χ0v) is 9.35. The summed E-state index contributed by atoms with van der Waals surface area (Å²) in [4.78, 5) is 0. The van der Waals surface area contributed by atoms with Gasteiger partial charge in [-0.05, 0) is 37.1 Å². The van der Waals surface area contributed by atoms with Crippen molar-refractivity contribution >= 4 is 11.6 Å². The maximum Gasteiger partial charge on any atom is 0.137 e. The Morgan fingerprint density at radius 2 is 2.14 bits per heavy atom. The number of halogens is 1. The highest BCUT2D eigenvalue weighted by molar-refractivity contribution is 6.32. The second-order valence-electron chi connectivity index (χ2n) is 3.23. The Morgan fingerprint density at radius 3 is 2.64 bits per heavy atom. The molecule has 1 unspecified atom stereocenters. The number of nitrogens with two attached hydrogens (primary N) is 1. The van der Waals surface area contributed by atoms with Crippen molar-refractivity contribution in [2.24, 2.45) is 5.84 Å². The van der Waals surface area contributed by atoms with Crippen molar-refractivity contribution in [3.05, 3.63) is 28.3 Å². The van der Waals surface area contributed by atoms with Crippen molar-refractivity contribution < 1.29 is 4.74 Å². The Hall–Kier alpha value is -0.770. The predicted octanol–water partition coefficient (Wildman–Crippen LogP) is 2.18. The molecule has 0 aliphatic carbocycles. The van der Waals surface area contributed by atoms with Crippen LogP contribution in [0.3, 0.4) is 0 Å². The van der Waals surface area contributed by atoms with Crippen LogP contribution in [0, 0.1) is 6.92 Å². The standard InChI is InChI=1S/C10H15ClN2O/c1-6-4-10(14-3)9(11)5-8(6)7(2)13-12/h4-5,7,13H,12H2,1-3H3. The number of rotatable bonds is 3. The van der Waals surface area contributed by atoms with E-state index in [9.17, 15) is 0 Å². The summed E-state index contributed by atoms with van der Waals surface area (Å²) in [7, 11) is 1.60. The van der Waals surface area contributed by atoms with Gasteiger partial charge in [-0.2, -0.15) is 0 Å². The predicted molar refractivity (Wildman–Crippen MR) is 58.5 cm³/mol. The number of hydrogen-bond acceptors (Lipinski definition) is 3. The van der Waals surface area contributed by atoms with Gasteiger partial charge in [-0.25, -0.2) is 0 Å². The molecule has 0 aliphatic heterocycles. The second kappa shape index (κ2) is 4.64. The molecule has 4 heteroatoms. The summed E-state index contributed by atoms with van der Waals surface area (Å²) in [5.74, 6) is 6.06. The summed E-state index contributed by atoms with van der Waals surface area (Å²) < 4.78 is 5.11. The molecular weight excluding hydrogens is 200 g/mol. The quantitative estimate of drug-likeness (QED) is 0.599. The van der Waals surface area contributed by atoms with E-state index in [-0.39, 0.29) is 6.04 Å². The van der Waals surface area contributed by atoms with Crippen molar-refractivity contribution in [1.29, 1.82) is 0 Å². The van der Waals surface area contributed by atoms with E-state index in [0.29, 0.717) is 10.8 Å². The summed E-state index contributed by atoms with van der Waals surface area (Å²) in [5, 5.41) is 0.607. The fraction of sp³-hybridized carbons (Fsp3) is 0.400. The van der Waals surface area contributed by atoms with Gasteiger partial charge >= 0.3 is 0 Å². The molecule has 0 aromatic heterocycles. The number of hydrogen-bond donors (Lipinski definition) is 2. The third-order valence-electron chi connectivity index (χ3n) is 2.26. The van der Waals surface area contributed by atoms with Gasteiger partial charge in [0.25, 0.3) is 0 Å². The molecule has 0 heterocycles. The van der Waals surface area contributed by atoms with Gasteiger partial charge in [-0.1, -0.05) is 11.6 Å². The molecule has 0 amide bonds. The summed E-state index contributed by atoms with van der Waals surface area (Å²) in [6.45, 7) is 3.98. The number of methoxy groups -OCH3 is 1. The average molecular weight is 215 g/mol. The van der Waals surface area contributed by atoms with E-state index in [1.807, 2.05) is 26.0 Å². The topological polar surface area (TPSA) is 47.3 Å². The third-order valence-corrected chi connectivity index (χ3v) is 2.55. The van der Waals surface area contributed by atoms with Crippen LogP contribution in [0.4, 0.5) is 0 Å². The van der Waals surface area contributed by atoms with Crippen molar-refractivity contribution in [3.8, 4) is 5.75 Å². The van der Waals surface area contributed by atoms with Gasteiger partial charge in [0, 0.05) is 6.04 Å². The van der Waals surface area contributed by atoms with Crippen molar-refractivity contribution in [2.45, 2.75) is 19.9 Å². The molecule has 0 spiro atoms. The first kappa shape index (κ1) is 11.3. The van der Waals surface area contributed by atoms with E-state index >= 15 is 0 Å². The first-order chi connectivity index (χ1) is 6.60. The van der Waals surface area contributed by atoms with Gasteiger partial charge in [0.15, 0.2) is 0 Å². The Bertz CT molecular complexity index is 328. The average Bonchev–Trinajstić information content (AvgIpc) is 2.19. The number of ether oxygens (including phenoxy) is 1. The molecule has 78 valence electrons. The molecule has 0 saturated heterocycles. The Labute approximate surface area is 89.2 Å². The van der Waals surface area contributed by atoms with Gasteiger partial charge in [0.1, 0.15) is 5.75 Å². The molecule has 0 fully saturated rings. The molecule has 0 bridgehead atoms. The van der Waals surface area contributed by atoms with Crippen LogP contribution in [0.15, 0.2) is 12.1 Å². The molecule has 14 heavy (non-hydrogen) atoms. The van der Waals surface area contributed by atoms with Crippen molar-refractivity contribution in [1.82, 2.24) is 5.43 Å². The lowest BCUT2D eigenvalue weighted by Gasteiger charge is -2.15. The first-order valence-electron chi connectivity index (χ1n) is 4.40. The van der Waals surface area contributed by atoms with Gasteiger partial charge in [0.2, 0.25) is 0 Å². The zero-order chi connectivity index (χ0) is 10.7. The molecular formula is C10H15ClN2O. The SMILES string of the molecule is COc1cc(C)c(C(C)NN)cc1Cl. The Kier molecular flexibility index (Phi) is 3.75. The summed E-state index contributed by atoms with van der Waals surface area (Å²) in [5.41, 5.74) is 4.88. The van der Waals surface area contributed by atoms with Crippen LogP contribution >= 0.6 is 11.6 Å². The third kappa shape index (κ3) is 2.18. The lowest BCUT2D eigenvalue weighted by Crippen LogP contribution is -2.26. The van der Waals surface area contributed by atoms with E-state index in [2.05, 4.69) is 5.43 Å². The molecule has 3 N–H and O–H groups in total. The van der Waals surface area contributed by atoms with E-state index in [0.717, 1.165) is 11.1 Å². The molecule has 1 aromatic carbocycles. The molecule has 0 radical (unpaired) electrons. The highest BCUT2D eigenvalue weighted by Crippen LogP contribution is 2.30. The molecule has 1 aromatic rings. The number of aryl methyl sites for hydroxylation is 1. The van der Waals surface area contributed by atoms with Crippen LogP contribution in [-0.4, -0.2) is 7.11 Å². The largest absolute Gasteiger partial charge is 0.495 e. The monoisotopic (exact) mass is 214 g/mol. The van der Waals surface area contributed by atoms with Crippen molar-refractivity contribution in [2.75, 3.05) is 7.11 Å². The van der Waals surface area contributed by atoms with Gasteiger partial charge < -0.3 is 4.74 Å². The zero-order valence-electron chi connectivity index (χ0n) is 8.60. The fourth-order valence-corrected chi connectivity index (χ4v) is 1.63.